The van der Waals surface area contributed by atoms with E-state index < -0.39 is 5.97 Å². The maximum Gasteiger partial charge on any atom is 0.313 e. The summed E-state index contributed by atoms with van der Waals surface area (Å²) in [6, 6.07) is 8.95. The van der Waals surface area contributed by atoms with Gasteiger partial charge < -0.3 is 4.74 Å². The van der Waals surface area contributed by atoms with Crippen molar-refractivity contribution in [2.45, 2.75) is 38.2 Å². The van der Waals surface area contributed by atoms with Gasteiger partial charge >= 0.3 is 5.97 Å². The molecule has 0 saturated heterocycles. The number of nitrogens with zero attached hydrogens (tertiary/aromatic N) is 1. The van der Waals surface area contributed by atoms with E-state index in [4.69, 9.17) is 10.00 Å². The van der Waals surface area contributed by atoms with Gasteiger partial charge in [-0.3, -0.25) is 9.59 Å². The van der Waals surface area contributed by atoms with Crippen LogP contribution >= 0.6 is 0 Å². The van der Waals surface area contributed by atoms with Crippen LogP contribution in [-0.4, -0.2) is 17.9 Å². The normalized spacial score (nSPS) is 15.0. The summed E-state index contributed by atoms with van der Waals surface area (Å²) < 4.78 is 5.23. The molecule has 4 heteroatoms. The van der Waals surface area contributed by atoms with Crippen LogP contribution in [0.25, 0.3) is 6.08 Å². The molecule has 1 aliphatic carbocycles. The number of carbonyl (C=O) groups excluding carboxylic acids is 2. The van der Waals surface area contributed by atoms with Crippen molar-refractivity contribution in [3.63, 3.8) is 0 Å². The fraction of sp³-hybridized carbons (Fsp3) is 0.353. The second-order valence-corrected chi connectivity index (χ2v) is 5.11. The maximum atomic E-state index is 11.7. The predicted molar refractivity (Wildman–Crippen MR) is 78.2 cm³/mol. The number of carbonyl (C=O) groups is 2. The lowest BCUT2D eigenvalue weighted by molar-refractivity contribution is -0.150. The van der Waals surface area contributed by atoms with Crippen molar-refractivity contribution in [2.75, 3.05) is 0 Å². The third-order valence-corrected chi connectivity index (χ3v) is 3.40. The van der Waals surface area contributed by atoms with Crippen molar-refractivity contribution in [2.24, 2.45) is 0 Å². The zero-order valence-corrected chi connectivity index (χ0v) is 11.7. The quantitative estimate of drug-likeness (QED) is 0.473. The van der Waals surface area contributed by atoms with Crippen molar-refractivity contribution in [3.05, 3.63) is 41.5 Å². The Kier molecular flexibility index (Phi) is 5.28. The zero-order valence-electron chi connectivity index (χ0n) is 11.7. The van der Waals surface area contributed by atoms with Crippen molar-refractivity contribution in [1.82, 2.24) is 0 Å². The lowest BCUT2D eigenvalue weighted by atomic mass is 10.1. The number of nitriles is 1. The van der Waals surface area contributed by atoms with Crippen LogP contribution in [0.4, 0.5) is 0 Å². The molecule has 0 amide bonds. The highest BCUT2D eigenvalue weighted by Crippen LogP contribution is 2.21. The van der Waals surface area contributed by atoms with E-state index in [-0.39, 0.29) is 18.3 Å². The smallest absolute Gasteiger partial charge is 0.313 e. The molecule has 0 aromatic heterocycles. The van der Waals surface area contributed by atoms with E-state index in [0.717, 1.165) is 31.2 Å². The molecule has 1 aliphatic rings. The van der Waals surface area contributed by atoms with E-state index in [1.54, 1.807) is 30.3 Å². The molecule has 0 heterocycles. The number of ketones is 1. The summed E-state index contributed by atoms with van der Waals surface area (Å²) in [5, 5.41) is 8.79. The molecule has 0 atom stereocenters. The van der Waals surface area contributed by atoms with Gasteiger partial charge in [0, 0.05) is 0 Å². The Morgan fingerprint density at radius 1 is 1.33 bits per heavy atom. The largest absolute Gasteiger partial charge is 0.462 e. The summed E-state index contributed by atoms with van der Waals surface area (Å²) in [4.78, 5) is 23.3. The average molecular weight is 283 g/mol. The fourth-order valence-electron chi connectivity index (χ4n) is 2.34. The molecule has 0 N–H and O–H groups in total. The molecule has 0 unspecified atom stereocenters. The topological polar surface area (TPSA) is 67.2 Å². The first kappa shape index (κ1) is 15.0. The second-order valence-electron chi connectivity index (χ2n) is 5.11. The minimum Gasteiger partial charge on any atom is -0.462 e. The lowest BCUT2D eigenvalue weighted by Crippen LogP contribution is -2.16. The van der Waals surface area contributed by atoms with Crippen LogP contribution < -0.4 is 0 Å². The van der Waals surface area contributed by atoms with E-state index in [2.05, 4.69) is 0 Å². The molecule has 0 aliphatic heterocycles. The molecule has 1 saturated carbocycles. The third-order valence-electron chi connectivity index (χ3n) is 3.40. The molecule has 1 fully saturated rings. The van der Waals surface area contributed by atoms with E-state index >= 15 is 0 Å². The van der Waals surface area contributed by atoms with Gasteiger partial charge in [0.25, 0.3) is 0 Å². The molecular formula is C17H17NO3. The molecule has 4 nitrogen and oxygen atoms in total. The Bertz CT molecular complexity index is 592. The minimum absolute atomic E-state index is 0.0124. The Morgan fingerprint density at radius 3 is 2.81 bits per heavy atom. The first-order valence-electron chi connectivity index (χ1n) is 7.08. The molecule has 21 heavy (non-hydrogen) atoms. The van der Waals surface area contributed by atoms with Gasteiger partial charge in [-0.25, -0.2) is 0 Å². The summed E-state index contributed by atoms with van der Waals surface area (Å²) in [6.45, 7) is 0. The van der Waals surface area contributed by atoms with Crippen LogP contribution in [0.3, 0.4) is 0 Å². The summed E-state index contributed by atoms with van der Waals surface area (Å²) >= 11 is 0. The number of esters is 1. The summed E-state index contributed by atoms with van der Waals surface area (Å²) in [5.74, 6) is -0.748. The van der Waals surface area contributed by atoms with Gasteiger partial charge in [0.1, 0.15) is 12.5 Å². The van der Waals surface area contributed by atoms with Crippen LogP contribution in [0.15, 0.2) is 30.3 Å². The fourth-order valence-corrected chi connectivity index (χ4v) is 2.34. The summed E-state index contributed by atoms with van der Waals surface area (Å²) in [6.07, 6.45) is 6.68. The van der Waals surface area contributed by atoms with E-state index in [9.17, 15) is 9.59 Å². The minimum atomic E-state index is -0.456. The van der Waals surface area contributed by atoms with Crippen LogP contribution in [0, 0.1) is 11.3 Å². The van der Waals surface area contributed by atoms with Crippen molar-refractivity contribution in [3.8, 4) is 6.07 Å². The molecule has 2 rings (SSSR count). The number of ether oxygens (including phenoxy) is 1. The first-order valence-corrected chi connectivity index (χ1v) is 7.08. The van der Waals surface area contributed by atoms with Gasteiger partial charge in [0.05, 0.1) is 11.6 Å². The van der Waals surface area contributed by atoms with Gasteiger partial charge in [-0.2, -0.15) is 5.26 Å². The van der Waals surface area contributed by atoms with Gasteiger partial charge in [-0.05, 0) is 49.5 Å². The second kappa shape index (κ2) is 7.39. The summed E-state index contributed by atoms with van der Waals surface area (Å²) in [7, 11) is 0. The SMILES string of the molecule is N#Cc1cccc(C=CC(=O)CC(=O)OC2CCCC2)c1. The maximum absolute atomic E-state index is 11.7. The molecule has 0 radical (unpaired) electrons. The van der Waals surface area contributed by atoms with Crippen molar-refractivity contribution in [1.29, 1.82) is 5.26 Å². The third kappa shape index (κ3) is 4.88. The van der Waals surface area contributed by atoms with Crippen LogP contribution in [0.2, 0.25) is 0 Å². The summed E-state index contributed by atoms with van der Waals surface area (Å²) in [5.41, 5.74) is 1.29. The standard InChI is InChI=1S/C17H17NO3/c18-12-14-5-3-4-13(10-14)8-9-15(19)11-17(20)21-16-6-1-2-7-16/h3-5,8-10,16H,1-2,6-7,11H2. The molecule has 0 spiro atoms. The highest BCUT2D eigenvalue weighted by Gasteiger charge is 2.19. The lowest BCUT2D eigenvalue weighted by Gasteiger charge is -2.09. The molecule has 1 aromatic carbocycles. The van der Waals surface area contributed by atoms with E-state index in [0.29, 0.717) is 5.56 Å². The van der Waals surface area contributed by atoms with E-state index in [1.165, 1.54) is 6.08 Å². The monoisotopic (exact) mass is 283 g/mol. The van der Waals surface area contributed by atoms with Gasteiger partial charge in [0.2, 0.25) is 0 Å². The Hall–Kier alpha value is -2.41. The van der Waals surface area contributed by atoms with Crippen LogP contribution in [-0.2, 0) is 14.3 Å². The van der Waals surface area contributed by atoms with Crippen LogP contribution in [0.1, 0.15) is 43.2 Å². The number of hydrogen-bond donors (Lipinski definition) is 0. The van der Waals surface area contributed by atoms with Crippen molar-refractivity contribution >= 4 is 17.8 Å². The van der Waals surface area contributed by atoms with Crippen molar-refractivity contribution < 1.29 is 14.3 Å². The molecule has 1 aromatic rings. The number of benzene rings is 1. The Morgan fingerprint density at radius 2 is 2.10 bits per heavy atom. The van der Waals surface area contributed by atoms with Gasteiger partial charge in [0.15, 0.2) is 5.78 Å². The number of hydrogen-bond acceptors (Lipinski definition) is 4. The molecular weight excluding hydrogens is 266 g/mol. The Labute approximate surface area is 124 Å². The highest BCUT2D eigenvalue weighted by atomic mass is 16.5. The van der Waals surface area contributed by atoms with E-state index in [1.807, 2.05) is 6.07 Å². The first-order chi connectivity index (χ1) is 10.2. The zero-order chi connectivity index (χ0) is 15.1. The Balaban J connectivity index is 1.84. The van der Waals surface area contributed by atoms with Gasteiger partial charge in [-0.1, -0.05) is 18.2 Å². The number of allylic oxidation sites excluding steroid dienone is 1. The van der Waals surface area contributed by atoms with Gasteiger partial charge in [-0.15, -0.1) is 0 Å². The molecule has 0 bridgehead atoms. The van der Waals surface area contributed by atoms with Crippen LogP contribution in [0.5, 0.6) is 0 Å². The molecule has 108 valence electrons. The number of rotatable bonds is 5. The highest BCUT2D eigenvalue weighted by molar-refractivity contribution is 6.04. The predicted octanol–water partition coefficient (Wildman–Crippen LogP) is 3.02. The average Bonchev–Trinajstić information content (AvgIpc) is 2.98.